The van der Waals surface area contributed by atoms with E-state index in [1.54, 1.807) is 24.3 Å². The van der Waals surface area contributed by atoms with Crippen LogP contribution in [0.5, 0.6) is 0 Å². The molecule has 0 heterocycles. The van der Waals surface area contributed by atoms with Crippen molar-refractivity contribution in [2.24, 2.45) is 0 Å². The molecule has 1 N–H and O–H groups in total. The largest absolute Gasteiger partial charge is 0.322 e. The first-order valence-corrected chi connectivity index (χ1v) is 5.99. The summed E-state index contributed by atoms with van der Waals surface area (Å²) in [6.45, 7) is 7.37. The molecule has 2 nitrogen and oxygen atoms in total. The maximum absolute atomic E-state index is 12.0. The third kappa shape index (κ3) is 3.19. The second-order valence-corrected chi connectivity index (χ2v) is 4.11. The van der Waals surface area contributed by atoms with Gasteiger partial charge in [0.15, 0.2) is 0 Å². The van der Waals surface area contributed by atoms with Gasteiger partial charge in [-0.3, -0.25) is 4.79 Å². The number of nitrogens with one attached hydrogen (secondary N) is 1. The number of benzene rings is 2. The summed E-state index contributed by atoms with van der Waals surface area (Å²) in [5.41, 5.74) is 3.40. The van der Waals surface area contributed by atoms with Crippen LogP contribution >= 0.6 is 0 Å². The molecule has 0 unspecified atom stereocenters. The molecular formula is C17H15NO. The van der Waals surface area contributed by atoms with Gasteiger partial charge in [-0.05, 0) is 35.4 Å². The lowest BCUT2D eigenvalue weighted by Gasteiger charge is -2.06. The Kier molecular flexibility index (Phi) is 3.94. The zero-order chi connectivity index (χ0) is 13.7. The van der Waals surface area contributed by atoms with Crippen LogP contribution in [-0.2, 0) is 0 Å². The zero-order valence-corrected chi connectivity index (χ0v) is 10.6. The van der Waals surface area contributed by atoms with Crippen molar-refractivity contribution in [1.82, 2.24) is 0 Å². The van der Waals surface area contributed by atoms with Crippen LogP contribution in [0.1, 0.15) is 21.5 Å². The van der Waals surface area contributed by atoms with Gasteiger partial charge in [0.1, 0.15) is 0 Å². The molecule has 2 heteroatoms. The SMILES string of the molecule is C=Cc1ccc(NC(=O)c2ccc(C=C)cc2)cc1. The van der Waals surface area contributed by atoms with Gasteiger partial charge < -0.3 is 5.32 Å². The molecule has 19 heavy (non-hydrogen) atoms. The molecule has 94 valence electrons. The van der Waals surface area contributed by atoms with E-state index in [4.69, 9.17) is 0 Å². The van der Waals surface area contributed by atoms with Crippen LogP contribution in [0.2, 0.25) is 0 Å². The number of rotatable bonds is 4. The number of carbonyl (C=O) groups is 1. The maximum Gasteiger partial charge on any atom is 0.255 e. The fourth-order valence-electron chi connectivity index (χ4n) is 1.68. The first-order valence-electron chi connectivity index (χ1n) is 5.99. The molecule has 0 atom stereocenters. The first-order chi connectivity index (χ1) is 9.22. The summed E-state index contributed by atoms with van der Waals surface area (Å²) in [7, 11) is 0. The number of hydrogen-bond acceptors (Lipinski definition) is 1. The molecule has 0 spiro atoms. The smallest absolute Gasteiger partial charge is 0.255 e. The Morgan fingerprint density at radius 2 is 1.32 bits per heavy atom. The molecule has 2 aromatic rings. The van der Waals surface area contributed by atoms with Crippen molar-refractivity contribution in [1.29, 1.82) is 0 Å². The Labute approximate surface area is 113 Å². The number of hydrogen-bond donors (Lipinski definition) is 1. The van der Waals surface area contributed by atoms with Crippen LogP contribution in [0.25, 0.3) is 12.2 Å². The molecule has 0 bridgehead atoms. The summed E-state index contributed by atoms with van der Waals surface area (Å²) in [6.07, 6.45) is 3.51. The second-order valence-electron chi connectivity index (χ2n) is 4.11. The Hall–Kier alpha value is -2.61. The standard InChI is InChI=1S/C17H15NO/c1-3-13-5-9-15(10-6-13)17(19)18-16-11-7-14(4-2)8-12-16/h3-12H,1-2H2,(H,18,19). The highest BCUT2D eigenvalue weighted by Gasteiger charge is 2.05. The van der Waals surface area contributed by atoms with Crippen LogP contribution in [0.4, 0.5) is 5.69 Å². The molecule has 1 amide bonds. The van der Waals surface area contributed by atoms with Gasteiger partial charge in [-0.2, -0.15) is 0 Å². The highest BCUT2D eigenvalue weighted by Crippen LogP contribution is 2.12. The minimum atomic E-state index is -0.123. The van der Waals surface area contributed by atoms with Crippen molar-refractivity contribution in [2.45, 2.75) is 0 Å². The summed E-state index contributed by atoms with van der Waals surface area (Å²) in [6, 6.07) is 14.8. The molecule has 2 aromatic carbocycles. The van der Waals surface area contributed by atoms with E-state index in [1.165, 1.54) is 0 Å². The van der Waals surface area contributed by atoms with Crippen molar-refractivity contribution < 1.29 is 4.79 Å². The van der Waals surface area contributed by atoms with Crippen molar-refractivity contribution in [2.75, 3.05) is 5.32 Å². The van der Waals surface area contributed by atoms with Crippen LogP contribution in [0.15, 0.2) is 61.7 Å². The maximum atomic E-state index is 12.0. The average molecular weight is 249 g/mol. The molecule has 0 saturated carbocycles. The van der Waals surface area contributed by atoms with Crippen LogP contribution in [0, 0.1) is 0 Å². The van der Waals surface area contributed by atoms with E-state index >= 15 is 0 Å². The molecule has 0 aromatic heterocycles. The highest BCUT2D eigenvalue weighted by molar-refractivity contribution is 6.04. The quantitative estimate of drug-likeness (QED) is 0.863. The molecule has 0 radical (unpaired) electrons. The van der Waals surface area contributed by atoms with Gasteiger partial charge >= 0.3 is 0 Å². The Balaban J connectivity index is 2.10. The molecule has 0 aliphatic carbocycles. The lowest BCUT2D eigenvalue weighted by atomic mass is 10.1. The van der Waals surface area contributed by atoms with Gasteiger partial charge in [0.2, 0.25) is 0 Å². The highest BCUT2D eigenvalue weighted by atomic mass is 16.1. The Bertz CT molecular complexity index is 594. The lowest BCUT2D eigenvalue weighted by molar-refractivity contribution is 0.102. The van der Waals surface area contributed by atoms with Gasteiger partial charge in [-0.15, -0.1) is 0 Å². The first kappa shape index (κ1) is 12.8. The molecule has 0 aliphatic rings. The van der Waals surface area contributed by atoms with E-state index in [2.05, 4.69) is 18.5 Å². The number of anilines is 1. The van der Waals surface area contributed by atoms with Gasteiger partial charge in [0.05, 0.1) is 0 Å². The van der Waals surface area contributed by atoms with E-state index in [9.17, 15) is 4.79 Å². The van der Waals surface area contributed by atoms with Gasteiger partial charge in [-0.1, -0.05) is 49.6 Å². The molecule has 0 saturated heterocycles. The monoisotopic (exact) mass is 249 g/mol. The van der Waals surface area contributed by atoms with Gasteiger partial charge in [0, 0.05) is 11.3 Å². The predicted octanol–water partition coefficient (Wildman–Crippen LogP) is 4.22. The summed E-state index contributed by atoms with van der Waals surface area (Å²) in [4.78, 5) is 12.0. The molecular weight excluding hydrogens is 234 g/mol. The fourth-order valence-corrected chi connectivity index (χ4v) is 1.68. The van der Waals surface area contributed by atoms with Gasteiger partial charge in [0.25, 0.3) is 5.91 Å². The topological polar surface area (TPSA) is 29.1 Å². The van der Waals surface area contributed by atoms with Crippen LogP contribution < -0.4 is 5.32 Å². The van der Waals surface area contributed by atoms with Crippen LogP contribution in [-0.4, -0.2) is 5.91 Å². The molecule has 2 rings (SSSR count). The van der Waals surface area contributed by atoms with Crippen molar-refractivity contribution in [3.05, 3.63) is 78.4 Å². The lowest BCUT2D eigenvalue weighted by Crippen LogP contribution is -2.11. The van der Waals surface area contributed by atoms with Crippen molar-refractivity contribution in [3.8, 4) is 0 Å². The minimum Gasteiger partial charge on any atom is -0.322 e. The van der Waals surface area contributed by atoms with Crippen LogP contribution in [0.3, 0.4) is 0 Å². The van der Waals surface area contributed by atoms with Gasteiger partial charge in [-0.25, -0.2) is 0 Å². The average Bonchev–Trinajstić information content (AvgIpc) is 2.48. The Morgan fingerprint density at radius 1 is 0.842 bits per heavy atom. The predicted molar refractivity (Wildman–Crippen MR) is 81.0 cm³/mol. The second kappa shape index (κ2) is 5.83. The van der Waals surface area contributed by atoms with E-state index < -0.39 is 0 Å². The summed E-state index contributed by atoms with van der Waals surface area (Å²) >= 11 is 0. The number of carbonyl (C=O) groups excluding carboxylic acids is 1. The summed E-state index contributed by atoms with van der Waals surface area (Å²) in [5, 5.41) is 2.85. The zero-order valence-electron chi connectivity index (χ0n) is 10.6. The van der Waals surface area contributed by atoms with E-state index in [0.717, 1.165) is 16.8 Å². The molecule has 0 fully saturated rings. The fraction of sp³-hybridized carbons (Fsp3) is 0. The third-order valence-corrected chi connectivity index (χ3v) is 2.81. The van der Waals surface area contributed by atoms with E-state index in [0.29, 0.717) is 5.56 Å². The third-order valence-electron chi connectivity index (χ3n) is 2.81. The Morgan fingerprint density at radius 3 is 1.79 bits per heavy atom. The normalized spacial score (nSPS) is 9.68. The van der Waals surface area contributed by atoms with Crippen molar-refractivity contribution >= 4 is 23.7 Å². The summed E-state index contributed by atoms with van der Waals surface area (Å²) < 4.78 is 0. The van der Waals surface area contributed by atoms with E-state index in [1.807, 2.05) is 36.4 Å². The van der Waals surface area contributed by atoms with Crippen molar-refractivity contribution in [3.63, 3.8) is 0 Å². The van der Waals surface area contributed by atoms with E-state index in [-0.39, 0.29) is 5.91 Å². The minimum absolute atomic E-state index is 0.123. The number of amides is 1. The molecule has 0 aliphatic heterocycles. The summed E-state index contributed by atoms with van der Waals surface area (Å²) in [5.74, 6) is -0.123.